The molecule has 0 aliphatic rings. The number of hydrogen-bond donors (Lipinski definition) is 2. The van der Waals surface area contributed by atoms with Crippen molar-refractivity contribution in [3.05, 3.63) is 29.8 Å². The molecule has 0 heterocycles. The Bertz CT molecular complexity index is 474. The molecule has 1 rings (SSSR count). The van der Waals surface area contributed by atoms with Crippen molar-refractivity contribution in [2.75, 3.05) is 25.4 Å². The predicted molar refractivity (Wildman–Crippen MR) is 72.4 cm³/mol. The second kappa shape index (κ2) is 6.72. The third-order valence-corrected chi connectivity index (χ3v) is 4.61. The van der Waals surface area contributed by atoms with Crippen molar-refractivity contribution in [1.82, 2.24) is 4.31 Å². The molecule has 0 saturated carbocycles. The molecule has 0 spiro atoms. The van der Waals surface area contributed by atoms with Crippen LogP contribution in [0.4, 0.5) is 5.69 Å². The number of para-hydroxylation sites is 1. The van der Waals surface area contributed by atoms with E-state index in [1.165, 1.54) is 4.31 Å². The molecule has 0 atom stereocenters. The minimum atomic E-state index is -3.38. The van der Waals surface area contributed by atoms with Gasteiger partial charge in [-0.3, -0.25) is 0 Å². The molecule has 0 bridgehead atoms. The Labute approximate surface area is 108 Å². The first-order chi connectivity index (χ1) is 8.51. The number of anilines is 1. The van der Waals surface area contributed by atoms with E-state index in [4.69, 9.17) is 10.8 Å². The first-order valence-electron chi connectivity index (χ1n) is 5.93. The number of rotatable bonds is 7. The monoisotopic (exact) mass is 272 g/mol. The summed E-state index contributed by atoms with van der Waals surface area (Å²) < 4.78 is 25.7. The Hall–Kier alpha value is -1.11. The summed E-state index contributed by atoms with van der Waals surface area (Å²) in [6.45, 7) is 2.50. The third kappa shape index (κ3) is 3.97. The number of nitrogens with two attached hydrogens (primary N) is 1. The molecule has 0 unspecified atom stereocenters. The lowest BCUT2D eigenvalue weighted by atomic mass is 10.2. The second-order valence-corrected chi connectivity index (χ2v) is 5.99. The van der Waals surface area contributed by atoms with Gasteiger partial charge in [0, 0.05) is 25.4 Å². The average molecular weight is 272 g/mol. The molecule has 1 aromatic carbocycles. The Kier molecular flexibility index (Phi) is 5.58. The highest BCUT2D eigenvalue weighted by molar-refractivity contribution is 7.88. The molecule has 0 radical (unpaired) electrons. The Balaban J connectivity index is 2.83. The van der Waals surface area contributed by atoms with Crippen molar-refractivity contribution in [3.63, 3.8) is 0 Å². The molecule has 0 aliphatic heterocycles. The van der Waals surface area contributed by atoms with Gasteiger partial charge in [0.05, 0.1) is 5.75 Å². The first-order valence-corrected chi connectivity index (χ1v) is 7.54. The van der Waals surface area contributed by atoms with E-state index in [0.717, 1.165) is 0 Å². The number of aliphatic hydroxyl groups excluding tert-OH is 1. The molecule has 102 valence electrons. The van der Waals surface area contributed by atoms with Gasteiger partial charge in [-0.05, 0) is 18.1 Å². The zero-order chi connectivity index (χ0) is 13.6. The lowest BCUT2D eigenvalue weighted by molar-refractivity contribution is 0.271. The van der Waals surface area contributed by atoms with Gasteiger partial charge in [0.25, 0.3) is 0 Å². The van der Waals surface area contributed by atoms with Crippen LogP contribution in [-0.4, -0.2) is 37.5 Å². The highest BCUT2D eigenvalue weighted by Crippen LogP contribution is 2.16. The highest BCUT2D eigenvalue weighted by atomic mass is 32.2. The topological polar surface area (TPSA) is 83.6 Å². The van der Waals surface area contributed by atoms with Gasteiger partial charge in [0.15, 0.2) is 0 Å². The standard InChI is InChI=1S/C12H20N2O3S/c1-2-14(8-5-9-15)18(16,17)10-11-6-3-4-7-12(11)13/h3-4,6-7,15H,2,5,8-10,13H2,1H3. The van der Waals surface area contributed by atoms with E-state index in [-0.39, 0.29) is 12.4 Å². The van der Waals surface area contributed by atoms with Crippen LogP contribution in [0.5, 0.6) is 0 Å². The normalized spacial score (nSPS) is 11.9. The Morgan fingerprint density at radius 2 is 2.00 bits per heavy atom. The molecule has 1 aromatic rings. The van der Waals surface area contributed by atoms with Crippen molar-refractivity contribution < 1.29 is 13.5 Å². The number of sulfonamides is 1. The average Bonchev–Trinajstić information content (AvgIpc) is 2.32. The van der Waals surface area contributed by atoms with Gasteiger partial charge < -0.3 is 10.8 Å². The largest absolute Gasteiger partial charge is 0.398 e. The van der Waals surface area contributed by atoms with E-state index in [9.17, 15) is 8.42 Å². The fourth-order valence-electron chi connectivity index (χ4n) is 1.69. The van der Waals surface area contributed by atoms with Crippen LogP contribution in [-0.2, 0) is 15.8 Å². The Morgan fingerprint density at radius 1 is 1.33 bits per heavy atom. The van der Waals surface area contributed by atoms with Gasteiger partial charge in [-0.2, -0.15) is 0 Å². The molecular formula is C12H20N2O3S. The van der Waals surface area contributed by atoms with Crippen molar-refractivity contribution >= 4 is 15.7 Å². The number of benzene rings is 1. The summed E-state index contributed by atoms with van der Waals surface area (Å²) in [5.74, 6) is -0.0983. The maximum Gasteiger partial charge on any atom is 0.218 e. The zero-order valence-electron chi connectivity index (χ0n) is 10.5. The van der Waals surface area contributed by atoms with E-state index >= 15 is 0 Å². The van der Waals surface area contributed by atoms with Crippen molar-refractivity contribution in [2.24, 2.45) is 0 Å². The highest BCUT2D eigenvalue weighted by Gasteiger charge is 2.21. The quantitative estimate of drug-likeness (QED) is 0.719. The molecule has 0 aromatic heterocycles. The summed E-state index contributed by atoms with van der Waals surface area (Å²) in [7, 11) is -3.38. The van der Waals surface area contributed by atoms with Crippen molar-refractivity contribution in [2.45, 2.75) is 19.1 Å². The van der Waals surface area contributed by atoms with Crippen LogP contribution in [0, 0.1) is 0 Å². The van der Waals surface area contributed by atoms with Crippen LogP contribution >= 0.6 is 0 Å². The summed E-state index contributed by atoms with van der Waals surface area (Å²) in [6, 6.07) is 6.95. The van der Waals surface area contributed by atoms with Crippen LogP contribution in [0.3, 0.4) is 0 Å². The molecule has 3 N–H and O–H groups in total. The second-order valence-electron chi connectivity index (χ2n) is 4.02. The lowest BCUT2D eigenvalue weighted by Gasteiger charge is -2.20. The molecule has 0 aliphatic carbocycles. The summed E-state index contributed by atoms with van der Waals surface area (Å²) in [5.41, 5.74) is 6.84. The summed E-state index contributed by atoms with van der Waals surface area (Å²) >= 11 is 0. The van der Waals surface area contributed by atoms with Gasteiger partial charge in [-0.1, -0.05) is 25.1 Å². The lowest BCUT2D eigenvalue weighted by Crippen LogP contribution is -2.33. The van der Waals surface area contributed by atoms with Gasteiger partial charge in [-0.15, -0.1) is 0 Å². The number of aliphatic hydroxyl groups is 1. The van der Waals surface area contributed by atoms with E-state index < -0.39 is 10.0 Å². The minimum Gasteiger partial charge on any atom is -0.398 e. The maximum absolute atomic E-state index is 12.2. The maximum atomic E-state index is 12.2. The molecule has 0 saturated heterocycles. The summed E-state index contributed by atoms with van der Waals surface area (Å²) in [6.07, 6.45) is 0.442. The summed E-state index contributed by atoms with van der Waals surface area (Å²) in [4.78, 5) is 0. The Morgan fingerprint density at radius 3 is 2.56 bits per heavy atom. The molecule has 18 heavy (non-hydrogen) atoms. The SMILES string of the molecule is CCN(CCCO)S(=O)(=O)Cc1ccccc1N. The van der Waals surface area contributed by atoms with Gasteiger partial charge >= 0.3 is 0 Å². The number of nitrogen functional groups attached to an aromatic ring is 1. The minimum absolute atomic E-state index is 0.0144. The van der Waals surface area contributed by atoms with Crippen LogP contribution in [0.25, 0.3) is 0 Å². The number of nitrogens with zero attached hydrogens (tertiary/aromatic N) is 1. The molecule has 0 fully saturated rings. The smallest absolute Gasteiger partial charge is 0.218 e. The van der Waals surface area contributed by atoms with Crippen LogP contribution in [0.2, 0.25) is 0 Å². The van der Waals surface area contributed by atoms with E-state index in [1.807, 2.05) is 0 Å². The van der Waals surface area contributed by atoms with Crippen molar-refractivity contribution in [1.29, 1.82) is 0 Å². The van der Waals surface area contributed by atoms with E-state index in [2.05, 4.69) is 0 Å². The van der Waals surface area contributed by atoms with Crippen LogP contribution < -0.4 is 5.73 Å². The third-order valence-electron chi connectivity index (χ3n) is 2.70. The van der Waals surface area contributed by atoms with Gasteiger partial charge in [0.2, 0.25) is 10.0 Å². The predicted octanol–water partition coefficient (Wildman–Crippen LogP) is 0.803. The molecule has 6 heteroatoms. The summed E-state index contributed by atoms with van der Waals surface area (Å²) in [5, 5.41) is 8.77. The zero-order valence-corrected chi connectivity index (χ0v) is 11.4. The van der Waals surface area contributed by atoms with Gasteiger partial charge in [0.1, 0.15) is 0 Å². The molecule has 5 nitrogen and oxygen atoms in total. The molecule has 0 amide bonds. The fourth-order valence-corrected chi connectivity index (χ4v) is 3.33. The fraction of sp³-hybridized carbons (Fsp3) is 0.500. The first kappa shape index (κ1) is 14.9. The van der Waals surface area contributed by atoms with Crippen LogP contribution in [0.1, 0.15) is 18.9 Å². The van der Waals surface area contributed by atoms with E-state index in [1.54, 1.807) is 31.2 Å². The van der Waals surface area contributed by atoms with Crippen molar-refractivity contribution in [3.8, 4) is 0 Å². The number of hydrogen-bond acceptors (Lipinski definition) is 4. The van der Waals surface area contributed by atoms with E-state index in [0.29, 0.717) is 30.8 Å². The van der Waals surface area contributed by atoms with Gasteiger partial charge in [-0.25, -0.2) is 12.7 Å². The van der Waals surface area contributed by atoms with Crippen LogP contribution in [0.15, 0.2) is 24.3 Å². The molecular weight excluding hydrogens is 252 g/mol.